The molecule has 90 valence electrons. The van der Waals surface area contributed by atoms with Gasteiger partial charge in [-0.3, -0.25) is 0 Å². The van der Waals surface area contributed by atoms with E-state index in [0.717, 1.165) is 16.5 Å². The number of aliphatic hydroxyl groups excluding tert-OH is 1. The fourth-order valence-electron chi connectivity index (χ4n) is 2.32. The molecule has 3 rings (SSSR count). The number of fused-ring (bicyclic) bond motifs is 1. The summed E-state index contributed by atoms with van der Waals surface area (Å²) < 4.78 is 5.03. The van der Waals surface area contributed by atoms with Crippen LogP contribution in [0.25, 0.3) is 10.8 Å². The minimum absolute atomic E-state index is 0.644. The summed E-state index contributed by atoms with van der Waals surface area (Å²) in [5, 5.41) is 12.7. The minimum atomic E-state index is -0.644. The maximum absolute atomic E-state index is 10.4. The van der Waals surface area contributed by atoms with Crippen molar-refractivity contribution in [3.05, 3.63) is 71.7 Å². The lowest BCUT2D eigenvalue weighted by Crippen LogP contribution is -1.99. The summed E-state index contributed by atoms with van der Waals surface area (Å²) in [6, 6.07) is 13.9. The summed E-state index contributed by atoms with van der Waals surface area (Å²) in [6.45, 7) is 2.08. The Labute approximate surface area is 105 Å². The zero-order valence-electron chi connectivity index (χ0n) is 10.1. The van der Waals surface area contributed by atoms with Crippen LogP contribution >= 0.6 is 0 Å². The average Bonchev–Trinajstić information content (AvgIpc) is 2.93. The van der Waals surface area contributed by atoms with Crippen LogP contribution in [0.4, 0.5) is 0 Å². The van der Waals surface area contributed by atoms with Gasteiger partial charge in [0.1, 0.15) is 6.10 Å². The van der Waals surface area contributed by atoms with Crippen LogP contribution < -0.4 is 0 Å². The zero-order chi connectivity index (χ0) is 12.5. The van der Waals surface area contributed by atoms with Crippen molar-refractivity contribution in [3.63, 3.8) is 0 Å². The predicted molar refractivity (Wildman–Crippen MR) is 71.5 cm³/mol. The van der Waals surface area contributed by atoms with E-state index in [4.69, 9.17) is 4.42 Å². The van der Waals surface area contributed by atoms with Gasteiger partial charge < -0.3 is 9.52 Å². The summed E-state index contributed by atoms with van der Waals surface area (Å²) in [7, 11) is 0. The first-order valence-electron chi connectivity index (χ1n) is 5.96. The number of furan rings is 1. The van der Waals surface area contributed by atoms with Gasteiger partial charge in [0, 0.05) is 5.56 Å². The Kier molecular flexibility index (Phi) is 2.65. The highest BCUT2D eigenvalue weighted by atomic mass is 16.3. The molecule has 0 saturated heterocycles. The molecule has 0 aliphatic heterocycles. The molecule has 0 amide bonds. The highest BCUT2D eigenvalue weighted by Crippen LogP contribution is 2.30. The third-order valence-electron chi connectivity index (χ3n) is 3.33. The van der Waals surface area contributed by atoms with Gasteiger partial charge in [0.15, 0.2) is 0 Å². The smallest absolute Gasteiger partial charge is 0.108 e. The standard InChI is InChI=1S/C16H14O2/c1-11-6-7-15(14-5-3-2-4-13(11)14)16(17)12-8-9-18-10-12/h2-10,16-17H,1H3. The van der Waals surface area contributed by atoms with Crippen LogP contribution in [-0.4, -0.2) is 5.11 Å². The quantitative estimate of drug-likeness (QED) is 0.736. The fourth-order valence-corrected chi connectivity index (χ4v) is 2.32. The molecule has 0 aliphatic rings. The van der Waals surface area contributed by atoms with E-state index < -0.39 is 6.10 Å². The van der Waals surface area contributed by atoms with Crippen LogP contribution in [0, 0.1) is 6.92 Å². The summed E-state index contributed by atoms with van der Waals surface area (Å²) in [4.78, 5) is 0. The number of rotatable bonds is 2. The second kappa shape index (κ2) is 4.31. The molecule has 3 aromatic rings. The molecule has 1 N–H and O–H groups in total. The SMILES string of the molecule is Cc1ccc(C(O)c2ccoc2)c2ccccc12. The highest BCUT2D eigenvalue weighted by molar-refractivity contribution is 5.89. The maximum atomic E-state index is 10.4. The van der Waals surface area contributed by atoms with E-state index in [0.29, 0.717) is 0 Å². The number of aryl methyl sites for hydroxylation is 1. The Balaban J connectivity index is 2.21. The van der Waals surface area contributed by atoms with Gasteiger partial charge in [-0.25, -0.2) is 0 Å². The molecule has 0 fully saturated rings. The Morgan fingerprint density at radius 3 is 2.50 bits per heavy atom. The van der Waals surface area contributed by atoms with Gasteiger partial charge in [0.25, 0.3) is 0 Å². The lowest BCUT2D eigenvalue weighted by atomic mass is 9.95. The van der Waals surface area contributed by atoms with Gasteiger partial charge in [-0.05, 0) is 34.9 Å². The van der Waals surface area contributed by atoms with Crippen LogP contribution in [0.2, 0.25) is 0 Å². The van der Waals surface area contributed by atoms with Crippen molar-refractivity contribution >= 4 is 10.8 Å². The Morgan fingerprint density at radius 1 is 1.00 bits per heavy atom. The molecule has 1 heterocycles. The molecular formula is C16H14O2. The van der Waals surface area contributed by atoms with E-state index in [1.54, 1.807) is 18.6 Å². The first-order chi connectivity index (χ1) is 8.77. The lowest BCUT2D eigenvalue weighted by molar-refractivity contribution is 0.221. The molecule has 2 nitrogen and oxygen atoms in total. The normalized spacial score (nSPS) is 12.8. The first kappa shape index (κ1) is 11.1. The Hall–Kier alpha value is -2.06. The van der Waals surface area contributed by atoms with E-state index in [1.807, 2.05) is 30.3 Å². The molecule has 18 heavy (non-hydrogen) atoms. The zero-order valence-corrected chi connectivity index (χ0v) is 10.1. The van der Waals surface area contributed by atoms with Crippen molar-refractivity contribution in [1.82, 2.24) is 0 Å². The van der Waals surface area contributed by atoms with Gasteiger partial charge in [0.05, 0.1) is 12.5 Å². The van der Waals surface area contributed by atoms with Crippen LogP contribution in [0.3, 0.4) is 0 Å². The molecule has 1 atom stereocenters. The second-order valence-electron chi connectivity index (χ2n) is 4.48. The van der Waals surface area contributed by atoms with E-state index in [1.165, 1.54) is 10.9 Å². The van der Waals surface area contributed by atoms with Crippen molar-refractivity contribution < 1.29 is 9.52 Å². The van der Waals surface area contributed by atoms with Gasteiger partial charge in [-0.15, -0.1) is 0 Å². The molecule has 0 aliphatic carbocycles. The third kappa shape index (κ3) is 1.71. The van der Waals surface area contributed by atoms with E-state index in [-0.39, 0.29) is 0 Å². The van der Waals surface area contributed by atoms with Crippen LogP contribution in [-0.2, 0) is 0 Å². The second-order valence-corrected chi connectivity index (χ2v) is 4.48. The average molecular weight is 238 g/mol. The monoisotopic (exact) mass is 238 g/mol. The molecular weight excluding hydrogens is 224 g/mol. The van der Waals surface area contributed by atoms with Crippen molar-refractivity contribution in [2.75, 3.05) is 0 Å². The maximum Gasteiger partial charge on any atom is 0.108 e. The van der Waals surface area contributed by atoms with E-state index in [9.17, 15) is 5.11 Å². The number of benzene rings is 2. The van der Waals surface area contributed by atoms with Crippen molar-refractivity contribution in [2.24, 2.45) is 0 Å². The summed E-state index contributed by atoms with van der Waals surface area (Å²) >= 11 is 0. The van der Waals surface area contributed by atoms with Crippen LogP contribution in [0.1, 0.15) is 22.8 Å². The Morgan fingerprint density at radius 2 is 1.78 bits per heavy atom. The Bertz CT molecular complexity index is 669. The predicted octanol–water partition coefficient (Wildman–Crippen LogP) is 3.82. The molecule has 1 aromatic heterocycles. The highest BCUT2D eigenvalue weighted by Gasteiger charge is 2.14. The number of aliphatic hydroxyl groups is 1. The third-order valence-corrected chi connectivity index (χ3v) is 3.33. The molecule has 2 aromatic carbocycles. The first-order valence-corrected chi connectivity index (χ1v) is 5.96. The molecule has 0 spiro atoms. The molecule has 0 bridgehead atoms. The van der Waals surface area contributed by atoms with Gasteiger partial charge >= 0.3 is 0 Å². The van der Waals surface area contributed by atoms with Crippen molar-refractivity contribution in [3.8, 4) is 0 Å². The molecule has 1 unspecified atom stereocenters. The van der Waals surface area contributed by atoms with Gasteiger partial charge in [0.2, 0.25) is 0 Å². The number of hydrogen-bond donors (Lipinski definition) is 1. The summed E-state index contributed by atoms with van der Waals surface area (Å²) in [6.07, 6.45) is 2.52. The fraction of sp³-hybridized carbons (Fsp3) is 0.125. The summed E-state index contributed by atoms with van der Waals surface area (Å²) in [5.74, 6) is 0. The topological polar surface area (TPSA) is 33.4 Å². The molecule has 2 heteroatoms. The number of hydrogen-bond acceptors (Lipinski definition) is 2. The van der Waals surface area contributed by atoms with Crippen LogP contribution in [0.5, 0.6) is 0 Å². The van der Waals surface area contributed by atoms with Crippen molar-refractivity contribution in [1.29, 1.82) is 0 Å². The van der Waals surface area contributed by atoms with Crippen molar-refractivity contribution in [2.45, 2.75) is 13.0 Å². The van der Waals surface area contributed by atoms with Gasteiger partial charge in [-0.2, -0.15) is 0 Å². The lowest BCUT2D eigenvalue weighted by Gasteiger charge is -2.13. The largest absolute Gasteiger partial charge is 0.472 e. The minimum Gasteiger partial charge on any atom is -0.472 e. The van der Waals surface area contributed by atoms with Crippen LogP contribution in [0.15, 0.2) is 59.4 Å². The van der Waals surface area contributed by atoms with E-state index in [2.05, 4.69) is 13.0 Å². The van der Waals surface area contributed by atoms with E-state index >= 15 is 0 Å². The summed E-state index contributed by atoms with van der Waals surface area (Å²) in [5.41, 5.74) is 2.91. The van der Waals surface area contributed by atoms with Gasteiger partial charge in [-0.1, -0.05) is 36.4 Å². The molecule has 0 saturated carbocycles. The molecule has 0 radical (unpaired) electrons.